The first-order chi connectivity index (χ1) is 17.0. The first kappa shape index (κ1) is 28.6. The first-order valence-corrected chi connectivity index (χ1v) is 21.4. The van der Waals surface area contributed by atoms with Crippen molar-refractivity contribution in [1.82, 2.24) is 0 Å². The molecule has 0 saturated carbocycles. The Hall–Kier alpha value is -1.41. The summed E-state index contributed by atoms with van der Waals surface area (Å²) >= 11 is 5.82. The van der Waals surface area contributed by atoms with Crippen LogP contribution in [0.4, 0.5) is 0 Å². The van der Waals surface area contributed by atoms with Gasteiger partial charge in [0.05, 0.1) is 0 Å². The zero-order valence-corrected chi connectivity index (χ0v) is 27.2. The second-order valence-corrected chi connectivity index (χ2v) is 25.0. The van der Waals surface area contributed by atoms with Crippen LogP contribution in [0.1, 0.15) is 47.1 Å². The fourth-order valence-corrected chi connectivity index (χ4v) is 14.5. The van der Waals surface area contributed by atoms with Gasteiger partial charge < -0.3 is 24.8 Å². The molecule has 186 valence electrons. The molecule has 6 rings (SSSR count). The predicted molar refractivity (Wildman–Crippen MR) is 150 cm³/mol. The van der Waals surface area contributed by atoms with Gasteiger partial charge in [0.25, 0.3) is 0 Å². The topological polar surface area (TPSA) is 0 Å². The third-order valence-corrected chi connectivity index (χ3v) is 16.2. The monoisotopic (exact) mass is 636 g/mol. The molecule has 0 aliphatic heterocycles. The molecule has 2 aliphatic carbocycles. The van der Waals surface area contributed by atoms with E-state index >= 15 is 0 Å². The predicted octanol–water partition coefficient (Wildman–Crippen LogP) is 2.22. The molecule has 2 aliphatic rings. The van der Waals surface area contributed by atoms with Gasteiger partial charge in [-0.2, -0.15) is 0 Å². The summed E-state index contributed by atoms with van der Waals surface area (Å²) in [6.45, 7) is 7.43. The van der Waals surface area contributed by atoms with Crippen LogP contribution < -0.4 is 28.1 Å². The van der Waals surface area contributed by atoms with E-state index in [1.807, 2.05) is 6.07 Å². The van der Waals surface area contributed by atoms with Gasteiger partial charge in [-0.25, -0.2) is 0 Å². The summed E-state index contributed by atoms with van der Waals surface area (Å²) in [6, 6.07) is 29.2. The van der Waals surface area contributed by atoms with Crippen LogP contribution in [0, 0.1) is 0 Å². The molecule has 0 aromatic heterocycles. The summed E-state index contributed by atoms with van der Waals surface area (Å²) in [5.41, 5.74) is 14.6. The molecule has 5 heteroatoms. The van der Waals surface area contributed by atoms with Crippen LogP contribution in [-0.2, 0) is 28.8 Å². The molecule has 0 spiro atoms. The number of allylic oxidation sites excluding steroid dienone is 1. The molecule has 4 aromatic rings. The van der Waals surface area contributed by atoms with Gasteiger partial charge in [-0.05, 0) is 0 Å². The molecular weight excluding hydrogens is 610 g/mol. The Balaban J connectivity index is 0.00000160. The molecule has 1 unspecified atom stereocenters. The molecule has 1 atom stereocenters. The van der Waals surface area contributed by atoms with Crippen LogP contribution in [0.5, 0.6) is 0 Å². The Kier molecular flexibility index (Phi) is 9.09. The fourth-order valence-electron chi connectivity index (χ4n) is 6.02. The summed E-state index contributed by atoms with van der Waals surface area (Å²) in [6.07, 6.45) is 4.65. The second-order valence-electron chi connectivity index (χ2n) is 10.0. The van der Waals surface area contributed by atoms with E-state index in [9.17, 15) is 0 Å². The molecule has 4 aromatic carbocycles. The average molecular weight is 639 g/mol. The van der Waals surface area contributed by atoms with Gasteiger partial charge in [0.15, 0.2) is 0 Å². The van der Waals surface area contributed by atoms with E-state index in [0.29, 0.717) is 5.92 Å². The number of halogens is 3. The molecule has 0 heterocycles. The quantitative estimate of drug-likeness (QED) is 0.259. The smallest absolute Gasteiger partial charge is 1.00 e. The number of rotatable bonds is 5. The van der Waals surface area contributed by atoms with Crippen molar-refractivity contribution >= 4 is 26.9 Å². The summed E-state index contributed by atoms with van der Waals surface area (Å²) in [5, 5.41) is 0.796. The molecule has 0 amide bonds. The summed E-state index contributed by atoms with van der Waals surface area (Å²) in [7, 11) is 0. The van der Waals surface area contributed by atoms with Crippen LogP contribution in [0.3, 0.4) is 0 Å². The van der Waals surface area contributed by atoms with Crippen LogP contribution in [0.25, 0.3) is 28.3 Å². The van der Waals surface area contributed by atoms with Crippen LogP contribution >= 0.6 is 11.6 Å². The zero-order valence-electron chi connectivity index (χ0n) is 21.3. The Bertz CT molecular complexity index is 1490. The van der Waals surface area contributed by atoms with Gasteiger partial charge in [0.2, 0.25) is 0 Å². The van der Waals surface area contributed by atoms with Crippen molar-refractivity contribution < 1.29 is 47.2 Å². The molecule has 37 heavy (non-hydrogen) atoms. The Labute approximate surface area is 250 Å². The van der Waals surface area contributed by atoms with Crippen molar-refractivity contribution in [2.45, 2.75) is 38.8 Å². The normalized spacial score (nSPS) is 14.6. The van der Waals surface area contributed by atoms with Gasteiger partial charge >= 0.3 is 228 Å². The van der Waals surface area contributed by atoms with Gasteiger partial charge in [-0.15, -0.1) is 0 Å². The molecule has 0 fully saturated rings. The molecule has 0 radical (unpaired) electrons. The van der Waals surface area contributed by atoms with E-state index in [2.05, 4.69) is 98.9 Å². The Morgan fingerprint density at radius 2 is 1.62 bits per heavy atom. The van der Waals surface area contributed by atoms with E-state index in [4.69, 9.17) is 11.6 Å². The third-order valence-electron chi connectivity index (χ3n) is 7.46. The zero-order chi connectivity index (χ0) is 24.1. The number of fused-ring (bicyclic) bond motifs is 4. The van der Waals surface area contributed by atoms with E-state index in [0.717, 1.165) is 17.9 Å². The summed E-state index contributed by atoms with van der Waals surface area (Å²) < 4.78 is 1.74. The van der Waals surface area contributed by atoms with Crippen LogP contribution in [-0.4, -0.2) is 5.92 Å². The van der Waals surface area contributed by atoms with Gasteiger partial charge in [-0.1, -0.05) is 0 Å². The summed E-state index contributed by atoms with van der Waals surface area (Å²) in [5.74, 6) is -0.238. The Morgan fingerprint density at radius 3 is 2.38 bits per heavy atom. The van der Waals surface area contributed by atoms with E-state index in [1.165, 1.54) is 38.9 Å². The summed E-state index contributed by atoms with van der Waals surface area (Å²) in [4.78, 5) is 0. The maximum Gasteiger partial charge on any atom is -1.00 e. The first-order valence-electron chi connectivity index (χ1n) is 12.6. The minimum Gasteiger partial charge on any atom is -1.00 e. The largest absolute Gasteiger partial charge is 1.00 e. The molecular formula is C32H29Cl3SiZr. The van der Waals surface area contributed by atoms with E-state index < -0.39 is 28.3 Å². The maximum atomic E-state index is 6.40. The SMILES string of the molecule is CCC1=Cc2c(-c3cccc(Cl)c3)cccc2C1c1[c]([Zr+2][SiH](C)C)ccc2c1Cc1ccccc1-2.[Cl-].[Cl-]. The minimum absolute atomic E-state index is 0. The van der Waals surface area contributed by atoms with Gasteiger partial charge in [0.1, 0.15) is 0 Å². The number of hydrogen-bond acceptors (Lipinski definition) is 0. The molecule has 0 bridgehead atoms. The number of hydrogen-bond donors (Lipinski definition) is 0. The Morgan fingerprint density at radius 1 is 0.865 bits per heavy atom. The maximum absolute atomic E-state index is 6.40. The van der Waals surface area contributed by atoms with Crippen molar-refractivity contribution in [3.05, 3.63) is 117 Å². The van der Waals surface area contributed by atoms with Crippen molar-refractivity contribution in [3.8, 4) is 22.3 Å². The molecule has 0 nitrogen and oxygen atoms in total. The van der Waals surface area contributed by atoms with Crippen molar-refractivity contribution in [1.29, 1.82) is 0 Å². The van der Waals surface area contributed by atoms with Crippen LogP contribution in [0.2, 0.25) is 18.1 Å². The standard InChI is InChI=1S/C30H22Cl.C2H7Si.2ClH.Zr/c1-2-19-17-28-24(20-9-5-10-22(31)16-20)12-6-14-26(28)30(19)27-15-7-13-25-23-11-4-3-8-21(23)18-29(25)27;1-3-2;;;/h3-14,16-17,30H,2,18H2,1H3;3H,1-2H3;2*1H;/q;;;;+2/p-2. The van der Waals surface area contributed by atoms with Gasteiger partial charge in [-0.3, -0.25) is 0 Å². The van der Waals surface area contributed by atoms with Gasteiger partial charge in [0, 0.05) is 0 Å². The molecule has 0 N–H and O–H groups in total. The van der Waals surface area contributed by atoms with Crippen molar-refractivity contribution in [2.24, 2.45) is 0 Å². The number of benzene rings is 4. The average Bonchev–Trinajstić information content (AvgIpc) is 3.42. The van der Waals surface area contributed by atoms with E-state index in [1.54, 1.807) is 20.0 Å². The third kappa shape index (κ3) is 5.13. The fraction of sp³-hybridized carbons (Fsp3) is 0.188. The second kappa shape index (κ2) is 11.8. The van der Waals surface area contributed by atoms with Crippen molar-refractivity contribution in [3.63, 3.8) is 0 Å². The van der Waals surface area contributed by atoms with Crippen molar-refractivity contribution in [2.75, 3.05) is 0 Å². The molecule has 0 saturated heterocycles. The minimum atomic E-state index is -0.614. The van der Waals surface area contributed by atoms with E-state index in [-0.39, 0.29) is 24.8 Å². The van der Waals surface area contributed by atoms with Crippen LogP contribution in [0.15, 0.2) is 84.4 Å².